The van der Waals surface area contributed by atoms with Gasteiger partial charge in [0.25, 0.3) is 0 Å². The zero-order valence-corrected chi connectivity index (χ0v) is 10.7. The Labute approximate surface area is 87.7 Å². The summed E-state index contributed by atoms with van der Waals surface area (Å²) in [5, 5.41) is 0. The second kappa shape index (κ2) is 7.44. The van der Waals surface area contributed by atoms with Crippen LogP contribution in [0, 0.1) is 5.92 Å². The van der Waals surface area contributed by atoms with Gasteiger partial charge in [-0.2, -0.15) is 0 Å². The predicted octanol–water partition coefficient (Wildman–Crippen LogP) is 3.69. The summed E-state index contributed by atoms with van der Waals surface area (Å²) in [6.07, 6.45) is 2.73. The van der Waals surface area contributed by atoms with Crippen LogP contribution < -0.4 is 0 Å². The van der Waals surface area contributed by atoms with Crippen molar-refractivity contribution in [1.29, 1.82) is 0 Å². The average molecular weight is 222 g/mol. The minimum absolute atomic E-state index is 0.406. The first-order chi connectivity index (χ1) is 6.58. The highest BCUT2D eigenvalue weighted by Gasteiger charge is 2.25. The predicted molar refractivity (Wildman–Crippen MR) is 59.8 cm³/mol. The van der Waals surface area contributed by atoms with E-state index in [0.29, 0.717) is 25.3 Å². The molecule has 0 N–H and O–H groups in total. The van der Waals surface area contributed by atoms with Gasteiger partial charge >= 0.3 is 7.60 Å². The molecule has 0 aromatic heterocycles. The molecule has 0 aromatic carbocycles. The van der Waals surface area contributed by atoms with Crippen molar-refractivity contribution in [3.8, 4) is 0 Å². The van der Waals surface area contributed by atoms with Crippen molar-refractivity contribution in [2.24, 2.45) is 5.92 Å². The highest BCUT2D eigenvalue weighted by molar-refractivity contribution is 7.53. The van der Waals surface area contributed by atoms with E-state index in [0.717, 1.165) is 12.8 Å². The van der Waals surface area contributed by atoms with E-state index in [2.05, 4.69) is 13.8 Å². The molecule has 0 rings (SSSR count). The Morgan fingerprint density at radius 3 is 2.00 bits per heavy atom. The van der Waals surface area contributed by atoms with Crippen molar-refractivity contribution in [2.75, 3.05) is 19.4 Å². The first kappa shape index (κ1) is 14.2. The summed E-state index contributed by atoms with van der Waals surface area (Å²) in [6, 6.07) is 0. The molecule has 0 amide bonds. The van der Waals surface area contributed by atoms with Crippen LogP contribution in [0.15, 0.2) is 0 Å². The maximum Gasteiger partial charge on any atom is 0.330 e. The molecule has 0 radical (unpaired) electrons. The molecular formula is C10H23O3P. The van der Waals surface area contributed by atoms with Crippen LogP contribution in [0.2, 0.25) is 0 Å². The van der Waals surface area contributed by atoms with Crippen LogP contribution in [0.25, 0.3) is 0 Å². The van der Waals surface area contributed by atoms with Gasteiger partial charge in [0.15, 0.2) is 0 Å². The number of hydrogen-bond donors (Lipinski definition) is 0. The molecule has 0 heterocycles. The molecule has 86 valence electrons. The fourth-order valence-electron chi connectivity index (χ4n) is 1.50. The molecule has 0 saturated carbocycles. The Kier molecular flexibility index (Phi) is 7.52. The average Bonchev–Trinajstić information content (AvgIpc) is 2.04. The lowest BCUT2D eigenvalue weighted by atomic mass is 10.1. The Bertz CT molecular complexity index is 172. The molecule has 3 nitrogen and oxygen atoms in total. The first-order valence-electron chi connectivity index (χ1n) is 5.46. The minimum Gasteiger partial charge on any atom is -0.309 e. The van der Waals surface area contributed by atoms with Gasteiger partial charge in [-0.25, -0.2) is 0 Å². The van der Waals surface area contributed by atoms with Gasteiger partial charge in [0.1, 0.15) is 0 Å². The van der Waals surface area contributed by atoms with Crippen LogP contribution in [-0.4, -0.2) is 19.4 Å². The van der Waals surface area contributed by atoms with Gasteiger partial charge in [0, 0.05) is 0 Å². The van der Waals surface area contributed by atoms with Crippen molar-refractivity contribution < 1.29 is 13.6 Å². The lowest BCUT2D eigenvalue weighted by molar-refractivity contribution is 0.216. The minimum atomic E-state index is -2.81. The van der Waals surface area contributed by atoms with E-state index in [9.17, 15) is 4.57 Å². The summed E-state index contributed by atoms with van der Waals surface area (Å²) in [6.45, 7) is 8.82. The van der Waals surface area contributed by atoms with Gasteiger partial charge in [-0.15, -0.1) is 0 Å². The van der Waals surface area contributed by atoms with Crippen molar-refractivity contribution in [1.82, 2.24) is 0 Å². The Hall–Kier alpha value is 0.150. The van der Waals surface area contributed by atoms with Crippen LogP contribution in [0.4, 0.5) is 0 Å². The largest absolute Gasteiger partial charge is 0.330 e. The zero-order chi connectivity index (χ0) is 11.0. The molecule has 14 heavy (non-hydrogen) atoms. The van der Waals surface area contributed by atoms with E-state index >= 15 is 0 Å². The highest BCUT2D eigenvalue weighted by Crippen LogP contribution is 2.49. The standard InChI is InChI=1S/C10H23O3P/c1-5-8-10(4)9-14(11,12-6-2)13-7-3/h10H,5-9H2,1-4H3. The normalized spacial score (nSPS) is 14.3. The van der Waals surface area contributed by atoms with Crippen molar-refractivity contribution in [2.45, 2.75) is 40.5 Å². The van der Waals surface area contributed by atoms with Crippen molar-refractivity contribution in [3.05, 3.63) is 0 Å². The van der Waals surface area contributed by atoms with Gasteiger partial charge in [-0.1, -0.05) is 26.7 Å². The molecule has 0 aliphatic rings. The zero-order valence-electron chi connectivity index (χ0n) is 9.78. The Balaban J connectivity index is 4.13. The fourth-order valence-corrected chi connectivity index (χ4v) is 3.52. The lowest BCUT2D eigenvalue weighted by Crippen LogP contribution is -2.07. The molecule has 1 atom stereocenters. The van der Waals surface area contributed by atoms with E-state index < -0.39 is 7.60 Å². The third-order valence-corrected chi connectivity index (χ3v) is 4.34. The van der Waals surface area contributed by atoms with E-state index in [4.69, 9.17) is 9.05 Å². The van der Waals surface area contributed by atoms with Crippen molar-refractivity contribution >= 4 is 7.60 Å². The maximum atomic E-state index is 12.1. The molecule has 0 aromatic rings. The molecular weight excluding hydrogens is 199 g/mol. The highest BCUT2D eigenvalue weighted by atomic mass is 31.2. The number of rotatable bonds is 8. The monoisotopic (exact) mass is 222 g/mol. The molecule has 0 saturated heterocycles. The van der Waals surface area contributed by atoms with E-state index in [1.54, 1.807) is 0 Å². The molecule has 0 spiro atoms. The molecule has 1 unspecified atom stereocenters. The number of hydrogen-bond acceptors (Lipinski definition) is 3. The molecule has 0 aliphatic carbocycles. The fraction of sp³-hybridized carbons (Fsp3) is 1.00. The first-order valence-corrected chi connectivity index (χ1v) is 7.18. The second-order valence-electron chi connectivity index (χ2n) is 3.52. The topological polar surface area (TPSA) is 35.5 Å². The summed E-state index contributed by atoms with van der Waals surface area (Å²) in [5.41, 5.74) is 0. The summed E-state index contributed by atoms with van der Waals surface area (Å²) >= 11 is 0. The van der Waals surface area contributed by atoms with Crippen LogP contribution in [-0.2, 0) is 13.6 Å². The van der Waals surface area contributed by atoms with E-state index in [1.165, 1.54) is 0 Å². The Morgan fingerprint density at radius 2 is 1.64 bits per heavy atom. The van der Waals surface area contributed by atoms with E-state index in [-0.39, 0.29) is 0 Å². The summed E-state index contributed by atoms with van der Waals surface area (Å²) < 4.78 is 22.5. The van der Waals surface area contributed by atoms with Crippen LogP contribution in [0.3, 0.4) is 0 Å². The quantitative estimate of drug-likeness (QED) is 0.587. The maximum absolute atomic E-state index is 12.1. The SMILES string of the molecule is CCCC(C)CP(=O)(OCC)OCC. The summed E-state index contributed by atoms with van der Waals surface area (Å²) in [4.78, 5) is 0. The van der Waals surface area contributed by atoms with Gasteiger partial charge in [0.05, 0.1) is 19.4 Å². The third kappa shape index (κ3) is 5.79. The second-order valence-corrected chi connectivity index (χ2v) is 5.63. The smallest absolute Gasteiger partial charge is 0.309 e. The van der Waals surface area contributed by atoms with Gasteiger partial charge in [-0.3, -0.25) is 4.57 Å². The van der Waals surface area contributed by atoms with Crippen LogP contribution in [0.1, 0.15) is 40.5 Å². The summed E-state index contributed by atoms with van der Waals surface area (Å²) in [5.74, 6) is 0.406. The summed E-state index contributed by atoms with van der Waals surface area (Å²) in [7, 11) is -2.81. The molecule has 0 bridgehead atoms. The lowest BCUT2D eigenvalue weighted by Gasteiger charge is -2.20. The van der Waals surface area contributed by atoms with Gasteiger partial charge < -0.3 is 9.05 Å². The molecule has 0 aliphatic heterocycles. The third-order valence-electron chi connectivity index (χ3n) is 1.97. The molecule has 0 fully saturated rings. The van der Waals surface area contributed by atoms with Gasteiger partial charge in [-0.05, 0) is 19.8 Å². The van der Waals surface area contributed by atoms with Crippen LogP contribution >= 0.6 is 7.60 Å². The Morgan fingerprint density at radius 1 is 1.14 bits per heavy atom. The van der Waals surface area contributed by atoms with Crippen molar-refractivity contribution in [3.63, 3.8) is 0 Å². The van der Waals surface area contributed by atoms with Gasteiger partial charge in [0.2, 0.25) is 0 Å². The van der Waals surface area contributed by atoms with E-state index in [1.807, 2.05) is 13.8 Å². The molecule has 4 heteroatoms. The van der Waals surface area contributed by atoms with Crippen LogP contribution in [0.5, 0.6) is 0 Å².